The Morgan fingerprint density at radius 3 is 2.75 bits per heavy atom. The molecule has 0 amide bonds. The van der Waals surface area contributed by atoms with Crippen LogP contribution in [0.1, 0.15) is 22.8 Å². The minimum Gasteiger partial charge on any atom is -0.507 e. The average Bonchev–Trinajstić information content (AvgIpc) is 2.28. The third-order valence-corrected chi connectivity index (χ3v) is 1.96. The third kappa shape index (κ3) is 2.06. The smallest absolute Gasteiger partial charge is 0.343 e. The number of rotatable bonds is 3. The Kier molecular flexibility index (Phi) is 3.72. The van der Waals surface area contributed by atoms with Crippen molar-refractivity contribution in [2.24, 2.45) is 0 Å². The predicted octanol–water partition coefficient (Wildman–Crippen LogP) is 1.45. The van der Waals surface area contributed by atoms with Crippen molar-refractivity contribution in [2.45, 2.75) is 6.92 Å². The van der Waals surface area contributed by atoms with E-state index in [1.807, 2.05) is 0 Å². The van der Waals surface area contributed by atoms with Crippen LogP contribution in [0.3, 0.4) is 0 Å². The SMILES string of the molecule is CCOC(=O)c1c(OC)ccc(O)c1C#N. The molecular weight excluding hydrogens is 210 g/mol. The summed E-state index contributed by atoms with van der Waals surface area (Å²) in [6.45, 7) is 1.84. The number of ether oxygens (including phenoxy) is 2. The van der Waals surface area contributed by atoms with Crippen LogP contribution in [0.4, 0.5) is 0 Å². The van der Waals surface area contributed by atoms with Crippen LogP contribution in [0.2, 0.25) is 0 Å². The molecule has 5 nitrogen and oxygen atoms in total. The van der Waals surface area contributed by atoms with Gasteiger partial charge in [-0.05, 0) is 19.1 Å². The fourth-order valence-corrected chi connectivity index (χ4v) is 1.26. The van der Waals surface area contributed by atoms with Crippen molar-refractivity contribution in [3.8, 4) is 17.6 Å². The second-order valence-corrected chi connectivity index (χ2v) is 2.87. The Morgan fingerprint density at radius 2 is 2.25 bits per heavy atom. The molecule has 5 heteroatoms. The number of aromatic hydroxyl groups is 1. The van der Waals surface area contributed by atoms with Gasteiger partial charge in [-0.25, -0.2) is 4.79 Å². The number of phenolic OH excluding ortho intramolecular Hbond substituents is 1. The van der Waals surface area contributed by atoms with E-state index >= 15 is 0 Å². The summed E-state index contributed by atoms with van der Waals surface area (Å²) in [4.78, 5) is 11.6. The molecule has 1 aromatic carbocycles. The highest BCUT2D eigenvalue weighted by atomic mass is 16.5. The van der Waals surface area contributed by atoms with Crippen LogP contribution in [0, 0.1) is 11.3 Å². The summed E-state index contributed by atoms with van der Waals surface area (Å²) in [5.74, 6) is -0.758. The van der Waals surface area contributed by atoms with Crippen LogP contribution in [0.25, 0.3) is 0 Å². The number of hydrogen-bond donors (Lipinski definition) is 1. The van der Waals surface area contributed by atoms with Crippen molar-refractivity contribution < 1.29 is 19.4 Å². The molecular formula is C11H11NO4. The number of nitrogens with zero attached hydrogens (tertiary/aromatic N) is 1. The van der Waals surface area contributed by atoms with E-state index in [2.05, 4.69) is 0 Å². The lowest BCUT2D eigenvalue weighted by Crippen LogP contribution is -2.09. The van der Waals surface area contributed by atoms with Gasteiger partial charge in [-0.3, -0.25) is 0 Å². The summed E-state index contributed by atoms with van der Waals surface area (Å²) >= 11 is 0. The molecule has 0 aliphatic heterocycles. The van der Waals surface area contributed by atoms with Crippen LogP contribution < -0.4 is 4.74 Å². The first-order chi connectivity index (χ1) is 7.65. The molecule has 0 fully saturated rings. The molecule has 0 saturated carbocycles. The monoisotopic (exact) mass is 221 g/mol. The van der Waals surface area contributed by atoms with Gasteiger partial charge in [0.1, 0.15) is 28.7 Å². The van der Waals surface area contributed by atoms with E-state index < -0.39 is 5.97 Å². The zero-order valence-corrected chi connectivity index (χ0v) is 8.98. The molecule has 84 valence electrons. The van der Waals surface area contributed by atoms with Gasteiger partial charge in [0.25, 0.3) is 0 Å². The highest BCUT2D eigenvalue weighted by molar-refractivity contribution is 5.96. The van der Waals surface area contributed by atoms with Gasteiger partial charge in [0.15, 0.2) is 0 Å². The number of phenols is 1. The van der Waals surface area contributed by atoms with E-state index in [9.17, 15) is 9.90 Å². The van der Waals surface area contributed by atoms with Crippen molar-refractivity contribution in [2.75, 3.05) is 13.7 Å². The first kappa shape index (κ1) is 11.9. The highest BCUT2D eigenvalue weighted by Gasteiger charge is 2.21. The number of hydrogen-bond acceptors (Lipinski definition) is 5. The molecule has 0 atom stereocenters. The Morgan fingerprint density at radius 1 is 1.56 bits per heavy atom. The second kappa shape index (κ2) is 5.03. The molecule has 0 radical (unpaired) electrons. The van der Waals surface area contributed by atoms with Gasteiger partial charge < -0.3 is 14.6 Å². The van der Waals surface area contributed by atoms with Crippen molar-refractivity contribution in [3.05, 3.63) is 23.3 Å². The van der Waals surface area contributed by atoms with E-state index in [4.69, 9.17) is 14.7 Å². The van der Waals surface area contributed by atoms with Gasteiger partial charge in [-0.1, -0.05) is 0 Å². The molecule has 0 spiro atoms. The summed E-state index contributed by atoms with van der Waals surface area (Å²) in [5.41, 5.74) is -0.190. The van der Waals surface area contributed by atoms with Gasteiger partial charge in [0, 0.05) is 0 Å². The predicted molar refractivity (Wildman–Crippen MR) is 55.3 cm³/mol. The highest BCUT2D eigenvalue weighted by Crippen LogP contribution is 2.29. The van der Waals surface area contributed by atoms with E-state index in [-0.39, 0.29) is 29.2 Å². The molecule has 1 aromatic rings. The van der Waals surface area contributed by atoms with E-state index in [0.29, 0.717) is 0 Å². The van der Waals surface area contributed by atoms with Gasteiger partial charge in [0.2, 0.25) is 0 Å². The van der Waals surface area contributed by atoms with Crippen LogP contribution in [0.15, 0.2) is 12.1 Å². The average molecular weight is 221 g/mol. The summed E-state index contributed by atoms with van der Waals surface area (Å²) in [5, 5.41) is 18.3. The number of nitriles is 1. The van der Waals surface area contributed by atoms with Gasteiger partial charge in [0.05, 0.1) is 13.7 Å². The lowest BCUT2D eigenvalue weighted by atomic mass is 10.1. The molecule has 16 heavy (non-hydrogen) atoms. The number of carbonyl (C=O) groups is 1. The normalized spacial score (nSPS) is 9.31. The van der Waals surface area contributed by atoms with Crippen LogP contribution in [0.5, 0.6) is 11.5 Å². The molecule has 0 saturated heterocycles. The number of benzene rings is 1. The lowest BCUT2D eigenvalue weighted by Gasteiger charge is -2.10. The molecule has 0 bridgehead atoms. The van der Waals surface area contributed by atoms with Crippen LogP contribution >= 0.6 is 0 Å². The first-order valence-electron chi connectivity index (χ1n) is 4.62. The van der Waals surface area contributed by atoms with Crippen molar-refractivity contribution >= 4 is 5.97 Å². The number of methoxy groups -OCH3 is 1. The first-order valence-corrected chi connectivity index (χ1v) is 4.62. The zero-order chi connectivity index (χ0) is 12.1. The van der Waals surface area contributed by atoms with Gasteiger partial charge in [-0.2, -0.15) is 5.26 Å². The summed E-state index contributed by atoms with van der Waals surface area (Å²) in [6.07, 6.45) is 0. The largest absolute Gasteiger partial charge is 0.507 e. The van der Waals surface area contributed by atoms with E-state index in [1.54, 1.807) is 13.0 Å². The quantitative estimate of drug-likeness (QED) is 0.781. The van der Waals surface area contributed by atoms with Crippen molar-refractivity contribution in [1.29, 1.82) is 5.26 Å². The summed E-state index contributed by atoms with van der Waals surface area (Å²) < 4.78 is 9.73. The minimum atomic E-state index is -0.688. The van der Waals surface area contributed by atoms with Crippen molar-refractivity contribution in [3.63, 3.8) is 0 Å². The maximum absolute atomic E-state index is 11.6. The zero-order valence-electron chi connectivity index (χ0n) is 8.98. The molecule has 0 heterocycles. The van der Waals surface area contributed by atoms with Crippen molar-refractivity contribution in [1.82, 2.24) is 0 Å². The Balaban J connectivity index is 3.37. The fourth-order valence-electron chi connectivity index (χ4n) is 1.26. The van der Waals surface area contributed by atoms with E-state index in [0.717, 1.165) is 0 Å². The van der Waals surface area contributed by atoms with Crippen LogP contribution in [-0.2, 0) is 4.74 Å². The summed E-state index contributed by atoms with van der Waals surface area (Å²) in [6, 6.07) is 4.44. The second-order valence-electron chi connectivity index (χ2n) is 2.87. The molecule has 0 aliphatic rings. The van der Waals surface area contributed by atoms with Gasteiger partial charge >= 0.3 is 5.97 Å². The summed E-state index contributed by atoms with van der Waals surface area (Å²) in [7, 11) is 1.37. The number of carbonyl (C=O) groups excluding carboxylic acids is 1. The molecule has 0 aromatic heterocycles. The Bertz CT molecular complexity index is 448. The van der Waals surface area contributed by atoms with Gasteiger partial charge in [-0.15, -0.1) is 0 Å². The van der Waals surface area contributed by atoms with E-state index in [1.165, 1.54) is 19.2 Å². The maximum atomic E-state index is 11.6. The molecule has 0 unspecified atom stereocenters. The Labute approximate surface area is 92.8 Å². The molecule has 1 N–H and O–H groups in total. The topological polar surface area (TPSA) is 79.6 Å². The maximum Gasteiger partial charge on any atom is 0.343 e. The van der Waals surface area contributed by atoms with Crippen LogP contribution in [-0.4, -0.2) is 24.8 Å². The molecule has 0 aliphatic carbocycles. The minimum absolute atomic E-state index is 0.0492. The fraction of sp³-hybridized carbons (Fsp3) is 0.273. The molecule has 1 rings (SSSR count). The number of esters is 1. The Hall–Kier alpha value is -2.22. The third-order valence-electron chi connectivity index (χ3n) is 1.96. The standard InChI is InChI=1S/C11H11NO4/c1-3-16-11(14)10-7(6-12)8(13)4-5-9(10)15-2/h4-5,13H,3H2,1-2H3. The lowest BCUT2D eigenvalue weighted by molar-refractivity contribution is 0.0522.